The summed E-state index contributed by atoms with van der Waals surface area (Å²) < 4.78 is 7.50. The molecule has 0 radical (unpaired) electrons. The fraction of sp³-hybridized carbons (Fsp3) is 0.217. The van der Waals surface area contributed by atoms with Gasteiger partial charge in [-0.25, -0.2) is 15.8 Å². The molecule has 154 valence electrons. The van der Waals surface area contributed by atoms with Crippen molar-refractivity contribution in [3.05, 3.63) is 71.5 Å². The molecule has 0 unspecified atom stereocenters. The average Bonchev–Trinajstić information content (AvgIpc) is 3.15. The molecule has 2 heterocycles. The van der Waals surface area contributed by atoms with Gasteiger partial charge in [0.25, 0.3) is 0 Å². The molecule has 2 aromatic heterocycles. The molecule has 2 aromatic carbocycles. The summed E-state index contributed by atoms with van der Waals surface area (Å²) in [7, 11) is 1.67. The third-order valence-electron chi connectivity index (χ3n) is 5.05. The summed E-state index contributed by atoms with van der Waals surface area (Å²) >= 11 is 5.99. The number of aromatic nitrogens is 3. The van der Waals surface area contributed by atoms with Crippen LogP contribution in [0.15, 0.2) is 60.9 Å². The molecular formula is C23H24ClN5O. The van der Waals surface area contributed by atoms with Crippen molar-refractivity contribution in [3.63, 3.8) is 0 Å². The molecule has 0 aliphatic heterocycles. The van der Waals surface area contributed by atoms with Gasteiger partial charge >= 0.3 is 0 Å². The number of halogens is 1. The van der Waals surface area contributed by atoms with Crippen LogP contribution in [0.4, 0.5) is 5.82 Å². The predicted molar refractivity (Wildman–Crippen MR) is 122 cm³/mol. The minimum absolute atomic E-state index is 0.213. The standard InChI is InChI=1S/C23H24ClN5O/c1-15(2)29-21(17-6-10-19(30-3)11-7-17)12-20-22(26-14-27-23(20)29)28(25)13-16-4-8-18(24)9-5-16/h4-12,14-15H,13,25H2,1-3H3. The van der Waals surface area contributed by atoms with Gasteiger partial charge in [-0.05, 0) is 67.4 Å². The van der Waals surface area contributed by atoms with Gasteiger partial charge in [-0.2, -0.15) is 0 Å². The summed E-state index contributed by atoms with van der Waals surface area (Å²) in [5.74, 6) is 7.93. The highest BCUT2D eigenvalue weighted by molar-refractivity contribution is 6.30. The molecule has 0 fully saturated rings. The van der Waals surface area contributed by atoms with Crippen LogP contribution in [0.1, 0.15) is 25.5 Å². The molecule has 2 N–H and O–H groups in total. The van der Waals surface area contributed by atoms with Gasteiger partial charge in [0.2, 0.25) is 0 Å². The predicted octanol–water partition coefficient (Wildman–Crippen LogP) is 5.22. The third-order valence-corrected chi connectivity index (χ3v) is 5.30. The van der Waals surface area contributed by atoms with Gasteiger partial charge in [0.15, 0.2) is 5.82 Å². The average molecular weight is 422 g/mol. The lowest BCUT2D eigenvalue weighted by Gasteiger charge is -2.19. The molecule has 0 atom stereocenters. The smallest absolute Gasteiger partial charge is 0.155 e. The van der Waals surface area contributed by atoms with E-state index < -0.39 is 0 Å². The molecule has 0 amide bonds. The Morgan fingerprint density at radius 1 is 1.07 bits per heavy atom. The first-order chi connectivity index (χ1) is 14.5. The maximum atomic E-state index is 6.43. The van der Waals surface area contributed by atoms with Crippen molar-refractivity contribution >= 4 is 28.5 Å². The highest BCUT2D eigenvalue weighted by Gasteiger charge is 2.19. The van der Waals surface area contributed by atoms with Crippen LogP contribution >= 0.6 is 11.6 Å². The van der Waals surface area contributed by atoms with E-state index in [0.29, 0.717) is 17.4 Å². The van der Waals surface area contributed by atoms with E-state index in [0.717, 1.165) is 33.6 Å². The van der Waals surface area contributed by atoms with Gasteiger partial charge in [-0.15, -0.1) is 0 Å². The maximum absolute atomic E-state index is 6.43. The van der Waals surface area contributed by atoms with Gasteiger partial charge in [-0.3, -0.25) is 5.01 Å². The van der Waals surface area contributed by atoms with Crippen LogP contribution in [0.5, 0.6) is 5.75 Å². The molecule has 7 heteroatoms. The highest BCUT2D eigenvalue weighted by atomic mass is 35.5. The second-order valence-corrected chi connectivity index (χ2v) is 7.85. The lowest BCUT2D eigenvalue weighted by atomic mass is 10.1. The quantitative estimate of drug-likeness (QED) is 0.341. The summed E-state index contributed by atoms with van der Waals surface area (Å²) in [6, 6.07) is 18.0. The van der Waals surface area contributed by atoms with Crippen molar-refractivity contribution in [1.29, 1.82) is 0 Å². The van der Waals surface area contributed by atoms with Crippen LogP contribution in [-0.2, 0) is 6.54 Å². The van der Waals surface area contributed by atoms with Crippen LogP contribution in [-0.4, -0.2) is 21.6 Å². The Kier molecular flexibility index (Phi) is 5.61. The van der Waals surface area contributed by atoms with Crippen LogP contribution in [0.2, 0.25) is 5.02 Å². The summed E-state index contributed by atoms with van der Waals surface area (Å²) in [4.78, 5) is 9.06. The molecule has 4 aromatic rings. The number of hydrogen-bond donors (Lipinski definition) is 1. The molecular weight excluding hydrogens is 398 g/mol. The molecule has 30 heavy (non-hydrogen) atoms. The van der Waals surface area contributed by atoms with E-state index in [-0.39, 0.29) is 6.04 Å². The molecule has 0 saturated carbocycles. The van der Waals surface area contributed by atoms with E-state index in [4.69, 9.17) is 22.2 Å². The fourth-order valence-corrected chi connectivity index (χ4v) is 3.74. The zero-order valence-electron chi connectivity index (χ0n) is 17.2. The van der Waals surface area contributed by atoms with Crippen LogP contribution in [0.3, 0.4) is 0 Å². The van der Waals surface area contributed by atoms with Gasteiger partial charge in [0.05, 0.1) is 24.7 Å². The van der Waals surface area contributed by atoms with Crippen molar-refractivity contribution in [2.24, 2.45) is 5.84 Å². The van der Waals surface area contributed by atoms with E-state index >= 15 is 0 Å². The lowest BCUT2D eigenvalue weighted by molar-refractivity contribution is 0.415. The minimum atomic E-state index is 0.213. The monoisotopic (exact) mass is 421 g/mol. The molecule has 0 aliphatic carbocycles. The number of rotatable bonds is 6. The topological polar surface area (TPSA) is 69.2 Å². The summed E-state index contributed by atoms with van der Waals surface area (Å²) in [5, 5.41) is 3.26. The van der Waals surface area contributed by atoms with E-state index in [1.54, 1.807) is 18.4 Å². The van der Waals surface area contributed by atoms with Crippen molar-refractivity contribution in [2.75, 3.05) is 12.1 Å². The van der Waals surface area contributed by atoms with Gasteiger partial charge in [-0.1, -0.05) is 23.7 Å². The first kappa shape index (κ1) is 20.2. The Morgan fingerprint density at radius 2 is 1.77 bits per heavy atom. The Balaban J connectivity index is 1.79. The Bertz CT molecular complexity index is 1150. The fourth-order valence-electron chi connectivity index (χ4n) is 3.62. The Hall–Kier alpha value is -3.09. The second-order valence-electron chi connectivity index (χ2n) is 7.41. The molecule has 0 bridgehead atoms. The van der Waals surface area contributed by atoms with E-state index in [1.165, 1.54) is 0 Å². The summed E-state index contributed by atoms with van der Waals surface area (Å²) in [6.45, 7) is 4.79. The van der Waals surface area contributed by atoms with Crippen LogP contribution in [0.25, 0.3) is 22.3 Å². The Morgan fingerprint density at radius 3 is 2.40 bits per heavy atom. The van der Waals surface area contributed by atoms with Crippen molar-refractivity contribution < 1.29 is 4.74 Å². The minimum Gasteiger partial charge on any atom is -0.497 e. The zero-order valence-corrected chi connectivity index (χ0v) is 18.0. The maximum Gasteiger partial charge on any atom is 0.155 e. The number of ether oxygens (including phenoxy) is 1. The number of anilines is 1. The number of hydrogen-bond acceptors (Lipinski definition) is 5. The number of nitrogens with zero attached hydrogens (tertiary/aromatic N) is 4. The molecule has 0 spiro atoms. The summed E-state index contributed by atoms with van der Waals surface area (Å²) in [5.41, 5.74) is 4.04. The molecule has 0 aliphatic rings. The molecule has 0 saturated heterocycles. The van der Waals surface area contributed by atoms with Gasteiger partial charge in [0.1, 0.15) is 17.7 Å². The van der Waals surface area contributed by atoms with Gasteiger partial charge < -0.3 is 9.30 Å². The van der Waals surface area contributed by atoms with E-state index in [1.807, 2.05) is 48.5 Å². The SMILES string of the molecule is COc1ccc(-c2cc3c(N(N)Cc4ccc(Cl)cc4)ncnc3n2C(C)C)cc1. The number of fused-ring (bicyclic) bond motifs is 1. The number of methoxy groups -OCH3 is 1. The Labute approximate surface area is 180 Å². The largest absolute Gasteiger partial charge is 0.497 e. The van der Waals surface area contributed by atoms with Gasteiger partial charge in [0, 0.05) is 11.1 Å². The first-order valence-electron chi connectivity index (χ1n) is 9.75. The molecule has 6 nitrogen and oxygen atoms in total. The lowest BCUT2D eigenvalue weighted by Crippen LogP contribution is -2.31. The van der Waals surface area contributed by atoms with Crippen LogP contribution < -0.4 is 15.6 Å². The number of nitrogens with two attached hydrogens (primary N) is 1. The first-order valence-corrected chi connectivity index (χ1v) is 10.1. The highest BCUT2D eigenvalue weighted by Crippen LogP contribution is 2.34. The van der Waals surface area contributed by atoms with Crippen molar-refractivity contribution in [3.8, 4) is 17.0 Å². The van der Waals surface area contributed by atoms with Crippen molar-refractivity contribution in [2.45, 2.75) is 26.4 Å². The number of benzene rings is 2. The van der Waals surface area contributed by atoms with Crippen molar-refractivity contribution in [1.82, 2.24) is 14.5 Å². The molecule has 4 rings (SSSR count). The van der Waals surface area contributed by atoms with E-state index in [2.05, 4.69) is 34.4 Å². The van der Waals surface area contributed by atoms with Crippen LogP contribution in [0, 0.1) is 0 Å². The normalized spacial score (nSPS) is 11.3. The zero-order chi connectivity index (χ0) is 21.3. The summed E-state index contributed by atoms with van der Waals surface area (Å²) in [6.07, 6.45) is 1.57. The number of hydrazine groups is 1. The third kappa shape index (κ3) is 3.84. The van der Waals surface area contributed by atoms with E-state index in [9.17, 15) is 0 Å². The second kappa shape index (κ2) is 8.34.